The summed E-state index contributed by atoms with van der Waals surface area (Å²) in [4.78, 5) is 16.5. The van der Waals surface area contributed by atoms with E-state index in [1.807, 2.05) is 42.5 Å². The minimum absolute atomic E-state index is 0.0490. The molecule has 3 heteroatoms. The minimum atomic E-state index is -0.0490. The van der Waals surface area contributed by atoms with Crippen LogP contribution in [0.1, 0.15) is 44.7 Å². The summed E-state index contributed by atoms with van der Waals surface area (Å²) in [7, 11) is 0. The summed E-state index contributed by atoms with van der Waals surface area (Å²) in [5.41, 5.74) is 4.27. The average molecular weight is 358 g/mol. The van der Waals surface area contributed by atoms with Crippen LogP contribution < -0.4 is 5.32 Å². The van der Waals surface area contributed by atoms with Crippen molar-refractivity contribution in [2.45, 2.75) is 39.0 Å². The second kappa shape index (κ2) is 8.17. The van der Waals surface area contributed by atoms with Crippen molar-refractivity contribution < 1.29 is 4.79 Å². The van der Waals surface area contributed by atoms with Crippen molar-refractivity contribution in [2.24, 2.45) is 0 Å². The van der Waals surface area contributed by atoms with E-state index in [0.717, 1.165) is 28.6 Å². The first-order valence-electron chi connectivity index (χ1n) is 9.40. The molecule has 2 aromatic carbocycles. The molecule has 1 amide bonds. The first-order chi connectivity index (χ1) is 13.0. The Morgan fingerprint density at radius 3 is 2.59 bits per heavy atom. The molecule has 0 spiro atoms. The van der Waals surface area contributed by atoms with E-state index >= 15 is 0 Å². The molecule has 1 heterocycles. The van der Waals surface area contributed by atoms with Gasteiger partial charge in [0.2, 0.25) is 5.91 Å². The van der Waals surface area contributed by atoms with Crippen LogP contribution in [0.4, 0.5) is 5.69 Å². The number of fused-ring (bicyclic) bond motifs is 1. The number of carbonyl (C=O) groups excluding carboxylic acids is 1. The monoisotopic (exact) mass is 358 g/mol. The van der Waals surface area contributed by atoms with Crippen molar-refractivity contribution >= 4 is 28.6 Å². The van der Waals surface area contributed by atoms with Gasteiger partial charge in [0.25, 0.3) is 0 Å². The number of nitrogens with one attached hydrogen (secondary N) is 1. The molecule has 0 aliphatic carbocycles. The molecule has 0 saturated carbocycles. The number of anilines is 1. The molecule has 0 fully saturated rings. The largest absolute Gasteiger partial charge is 0.324 e. The third-order valence-corrected chi connectivity index (χ3v) is 5.06. The molecule has 3 aromatic rings. The molecule has 0 radical (unpaired) electrons. The fraction of sp³-hybridized carbons (Fsp3) is 0.250. The van der Waals surface area contributed by atoms with E-state index in [0.29, 0.717) is 6.42 Å². The van der Waals surface area contributed by atoms with Gasteiger partial charge in [-0.15, -0.1) is 0 Å². The molecular formula is C24H26N2O. The molecule has 0 unspecified atom stereocenters. The van der Waals surface area contributed by atoms with E-state index < -0.39 is 0 Å². The lowest BCUT2D eigenvalue weighted by molar-refractivity contribution is -0.115. The van der Waals surface area contributed by atoms with Gasteiger partial charge in [0.05, 0.1) is 17.4 Å². The first-order valence-corrected chi connectivity index (χ1v) is 9.40. The molecule has 3 nitrogen and oxygen atoms in total. The molecule has 1 N–H and O–H groups in total. The molecule has 3 rings (SSSR count). The highest BCUT2D eigenvalue weighted by Gasteiger charge is 2.17. The Labute approximate surface area is 161 Å². The van der Waals surface area contributed by atoms with Crippen molar-refractivity contribution in [1.82, 2.24) is 4.98 Å². The van der Waals surface area contributed by atoms with Crippen LogP contribution in [0.3, 0.4) is 0 Å². The van der Waals surface area contributed by atoms with Crippen LogP contribution in [0.15, 0.2) is 66.9 Å². The molecule has 0 bridgehead atoms. The van der Waals surface area contributed by atoms with E-state index in [4.69, 9.17) is 0 Å². The zero-order chi connectivity index (χ0) is 19.3. The van der Waals surface area contributed by atoms with Crippen LogP contribution in [0.5, 0.6) is 0 Å². The predicted molar refractivity (Wildman–Crippen MR) is 114 cm³/mol. The maximum absolute atomic E-state index is 12.2. The fourth-order valence-electron chi connectivity index (χ4n) is 2.90. The van der Waals surface area contributed by atoms with Crippen molar-refractivity contribution in [1.29, 1.82) is 0 Å². The van der Waals surface area contributed by atoms with Gasteiger partial charge in [-0.1, -0.05) is 75.4 Å². The first kappa shape index (κ1) is 18.8. The van der Waals surface area contributed by atoms with Crippen LogP contribution in [0.25, 0.3) is 17.0 Å². The minimum Gasteiger partial charge on any atom is -0.324 e. The van der Waals surface area contributed by atoms with Gasteiger partial charge in [0, 0.05) is 11.8 Å². The third-order valence-electron chi connectivity index (χ3n) is 5.06. The van der Waals surface area contributed by atoms with Gasteiger partial charge in [0.15, 0.2) is 0 Å². The van der Waals surface area contributed by atoms with Crippen molar-refractivity contribution in [2.75, 3.05) is 5.32 Å². The zero-order valence-electron chi connectivity index (χ0n) is 16.2. The number of amides is 1. The number of carbonyl (C=O) groups is 1. The Morgan fingerprint density at radius 1 is 1.11 bits per heavy atom. The molecular weight excluding hydrogens is 332 g/mol. The van der Waals surface area contributed by atoms with Gasteiger partial charge in [-0.25, -0.2) is 0 Å². The number of benzene rings is 2. The van der Waals surface area contributed by atoms with Crippen LogP contribution >= 0.6 is 0 Å². The standard InChI is InChI=1S/C24H26N2O/c1-4-24(2,3)20-14-12-18(13-15-20)8-7-11-23(27)26-21-16-19-9-5-6-10-22(19)25-17-21/h5-10,12-17H,4,11H2,1-3H3,(H,26,27)/b8-7+. The van der Waals surface area contributed by atoms with E-state index in [1.54, 1.807) is 6.20 Å². The van der Waals surface area contributed by atoms with Gasteiger partial charge in [-0.2, -0.15) is 0 Å². The number of nitrogens with zero attached hydrogens (tertiary/aromatic N) is 1. The summed E-state index contributed by atoms with van der Waals surface area (Å²) in [6.45, 7) is 6.71. The highest BCUT2D eigenvalue weighted by atomic mass is 16.1. The summed E-state index contributed by atoms with van der Waals surface area (Å²) < 4.78 is 0. The quantitative estimate of drug-likeness (QED) is 0.590. The van der Waals surface area contributed by atoms with Crippen LogP contribution in [0.2, 0.25) is 0 Å². The second-order valence-electron chi connectivity index (χ2n) is 7.43. The normalized spacial score (nSPS) is 11.8. The number of pyridine rings is 1. The van der Waals surface area contributed by atoms with Gasteiger partial charge in [-0.05, 0) is 35.1 Å². The molecule has 27 heavy (non-hydrogen) atoms. The predicted octanol–water partition coefficient (Wildman–Crippen LogP) is 5.96. The Balaban J connectivity index is 1.58. The topological polar surface area (TPSA) is 42.0 Å². The maximum Gasteiger partial charge on any atom is 0.228 e. The summed E-state index contributed by atoms with van der Waals surface area (Å²) in [6, 6.07) is 18.4. The van der Waals surface area contributed by atoms with Crippen LogP contribution in [-0.2, 0) is 10.2 Å². The van der Waals surface area contributed by atoms with Crippen molar-refractivity contribution in [3.05, 3.63) is 78.0 Å². The number of aromatic nitrogens is 1. The van der Waals surface area contributed by atoms with E-state index in [9.17, 15) is 4.79 Å². The molecule has 138 valence electrons. The summed E-state index contributed by atoms with van der Waals surface area (Å²) in [5, 5.41) is 3.92. The fourth-order valence-corrected chi connectivity index (χ4v) is 2.90. The van der Waals surface area contributed by atoms with Crippen molar-refractivity contribution in [3.63, 3.8) is 0 Å². The molecule has 0 saturated heterocycles. The van der Waals surface area contributed by atoms with Crippen LogP contribution in [0, 0.1) is 0 Å². The Bertz CT molecular complexity index is 956. The van der Waals surface area contributed by atoms with Gasteiger partial charge < -0.3 is 5.32 Å². The maximum atomic E-state index is 12.2. The summed E-state index contributed by atoms with van der Waals surface area (Å²) in [6.07, 6.45) is 7.00. The van der Waals surface area contributed by atoms with Gasteiger partial charge in [0.1, 0.15) is 0 Å². The number of rotatable bonds is 6. The Hall–Kier alpha value is -2.94. The molecule has 0 aliphatic heterocycles. The lowest BCUT2D eigenvalue weighted by Gasteiger charge is -2.23. The SMILES string of the molecule is CCC(C)(C)c1ccc(/C=C/CC(=O)Nc2cnc3ccccc3c2)cc1. The van der Waals surface area contributed by atoms with Gasteiger partial charge >= 0.3 is 0 Å². The number of para-hydroxylation sites is 1. The molecule has 0 aliphatic rings. The van der Waals surface area contributed by atoms with E-state index in [2.05, 4.69) is 55.3 Å². The second-order valence-corrected chi connectivity index (χ2v) is 7.43. The van der Waals surface area contributed by atoms with E-state index in [-0.39, 0.29) is 11.3 Å². The Kier molecular flexibility index (Phi) is 5.70. The number of hydrogen-bond donors (Lipinski definition) is 1. The number of hydrogen-bond acceptors (Lipinski definition) is 2. The van der Waals surface area contributed by atoms with Crippen molar-refractivity contribution in [3.8, 4) is 0 Å². The van der Waals surface area contributed by atoms with E-state index in [1.165, 1.54) is 5.56 Å². The average Bonchev–Trinajstić information content (AvgIpc) is 2.68. The van der Waals surface area contributed by atoms with Crippen LogP contribution in [-0.4, -0.2) is 10.9 Å². The molecule has 0 atom stereocenters. The lowest BCUT2D eigenvalue weighted by Crippen LogP contribution is -2.14. The summed E-state index contributed by atoms with van der Waals surface area (Å²) >= 11 is 0. The summed E-state index contributed by atoms with van der Waals surface area (Å²) in [5.74, 6) is -0.0490. The highest BCUT2D eigenvalue weighted by Crippen LogP contribution is 2.26. The molecule has 1 aromatic heterocycles. The highest BCUT2D eigenvalue weighted by molar-refractivity contribution is 5.94. The smallest absolute Gasteiger partial charge is 0.228 e. The lowest BCUT2D eigenvalue weighted by atomic mass is 9.82. The third kappa shape index (κ3) is 4.82. The Morgan fingerprint density at radius 2 is 1.85 bits per heavy atom. The van der Waals surface area contributed by atoms with Gasteiger partial charge in [-0.3, -0.25) is 9.78 Å². The zero-order valence-corrected chi connectivity index (χ0v) is 16.2.